The molecule has 0 heterocycles. The predicted molar refractivity (Wildman–Crippen MR) is 81.6 cm³/mol. The summed E-state index contributed by atoms with van der Waals surface area (Å²) in [5.74, 6) is 0.784. The predicted octanol–water partition coefficient (Wildman–Crippen LogP) is 2.12. The molecule has 0 spiro atoms. The van der Waals surface area contributed by atoms with Crippen LogP contribution in [0.25, 0.3) is 0 Å². The zero-order valence-electron chi connectivity index (χ0n) is 12.5. The van der Waals surface area contributed by atoms with Crippen LogP contribution >= 0.6 is 23.0 Å². The Labute approximate surface area is 128 Å². The molecule has 0 aromatic carbocycles. The summed E-state index contributed by atoms with van der Waals surface area (Å²) in [5.41, 5.74) is 0. The number of hydrogen-bond acceptors (Lipinski definition) is 8. The van der Waals surface area contributed by atoms with Crippen LogP contribution in [0.15, 0.2) is 49.1 Å². The van der Waals surface area contributed by atoms with Gasteiger partial charge in [-0.15, -0.1) is 0 Å². The van der Waals surface area contributed by atoms with Gasteiger partial charge in [0.2, 0.25) is 0 Å². The van der Waals surface area contributed by atoms with Crippen LogP contribution in [0.4, 0.5) is 0 Å². The van der Waals surface area contributed by atoms with Gasteiger partial charge in [0.25, 0.3) is 7.82 Å². The van der Waals surface area contributed by atoms with Crippen LogP contribution in [0.5, 0.6) is 0 Å². The molecule has 0 amide bonds. The van der Waals surface area contributed by atoms with E-state index in [9.17, 15) is 28.4 Å². The first-order valence-electron chi connectivity index (χ1n) is 4.49. The van der Waals surface area contributed by atoms with Crippen molar-refractivity contribution in [3.63, 3.8) is 0 Å². The Morgan fingerprint density at radius 2 is 1.00 bits per heavy atom. The molecule has 0 radical (unpaired) electrons. The van der Waals surface area contributed by atoms with E-state index in [1.165, 1.54) is 0 Å². The summed E-state index contributed by atoms with van der Waals surface area (Å²) in [5, 5.41) is 0. The highest BCUT2D eigenvalue weighted by molar-refractivity contribution is 7.70. The van der Waals surface area contributed by atoms with Crippen LogP contribution in [-0.4, -0.2) is 0 Å². The third kappa shape index (κ3) is 14.3. The lowest BCUT2D eigenvalue weighted by molar-refractivity contribution is -0.233. The Morgan fingerprint density at radius 1 is 0.727 bits per heavy atom. The molecule has 0 saturated carbocycles. The van der Waals surface area contributed by atoms with Gasteiger partial charge >= 0.3 is 0 Å². The average molecular weight is 381 g/mol. The number of phosphoric acid groups is 1. The van der Waals surface area contributed by atoms with Gasteiger partial charge in [-0.05, 0) is 11.6 Å². The van der Waals surface area contributed by atoms with Crippen molar-refractivity contribution in [3.05, 3.63) is 49.1 Å². The van der Waals surface area contributed by atoms with Crippen LogP contribution in [-0.2, 0) is 22.3 Å². The molecule has 132 valence electrons. The molecule has 0 saturated heterocycles. The van der Waals surface area contributed by atoms with Gasteiger partial charge in [-0.1, -0.05) is 37.5 Å². The first-order valence-corrected chi connectivity index (χ1v) is 9.18. The smallest absolute Gasteiger partial charge is 0.278 e. The van der Waals surface area contributed by atoms with Crippen molar-refractivity contribution in [2.45, 2.75) is 0 Å². The van der Waals surface area contributed by atoms with E-state index in [0.717, 1.165) is 24.3 Å². The van der Waals surface area contributed by atoms with Crippen molar-refractivity contribution < 1.29 is 37.0 Å². The minimum absolute atomic E-state index is 0. The lowest BCUT2D eigenvalue weighted by Crippen LogP contribution is -2.12. The third-order valence-corrected chi connectivity index (χ3v) is 5.73. The summed E-state index contributed by atoms with van der Waals surface area (Å²) in [6.07, 6.45) is 3.88. The maximum atomic E-state index is 11.1. The molecule has 0 aliphatic heterocycles. The molecule has 0 fully saturated rings. The summed E-state index contributed by atoms with van der Waals surface area (Å²) < 4.78 is 40.6. The van der Waals surface area contributed by atoms with Crippen molar-refractivity contribution in [1.82, 2.24) is 18.5 Å². The fourth-order valence-corrected chi connectivity index (χ4v) is 4.40. The van der Waals surface area contributed by atoms with E-state index in [2.05, 4.69) is 21.8 Å². The van der Waals surface area contributed by atoms with Crippen LogP contribution in [0.3, 0.4) is 0 Å². The largest absolute Gasteiger partial charge is 0.775 e. The Kier molecular flexibility index (Phi) is 15.8. The van der Waals surface area contributed by atoms with Gasteiger partial charge in [0.05, 0.1) is 0 Å². The van der Waals surface area contributed by atoms with E-state index < -0.39 is 23.0 Å². The van der Waals surface area contributed by atoms with Crippen molar-refractivity contribution in [2.24, 2.45) is 0 Å². The molecule has 14 heteroatoms. The monoisotopic (exact) mass is 381 g/mol. The van der Waals surface area contributed by atoms with E-state index in [4.69, 9.17) is 0 Å². The number of allylic oxidation sites excluding steroid dienone is 4. The lowest BCUT2D eigenvalue weighted by Gasteiger charge is -2.33. The molecule has 0 aliphatic carbocycles. The molecular formula is C8H22N3O8P3. The van der Waals surface area contributed by atoms with Crippen molar-refractivity contribution in [2.75, 3.05) is 0 Å². The zero-order valence-corrected chi connectivity index (χ0v) is 15.2. The second-order valence-corrected chi connectivity index (χ2v) is 7.80. The topological polar surface area (TPSA) is 248 Å². The standard InChI is InChI=1S/C8H13O8P3.3H3N/c1-3-5-7-17(9,10)15-19(13,14)16-18(11,12)8-6-4-2;;;/h3-8H,1-2H2,(H,9,10)(H,11,12)(H,13,14);3*1H3/b7-5+,8-6+;;;. The number of rotatable bonds is 8. The molecule has 2 unspecified atom stereocenters. The molecule has 12 N–H and O–H groups in total. The Morgan fingerprint density at radius 3 is 1.23 bits per heavy atom. The normalized spacial score (nSPS) is 18.7. The third-order valence-electron chi connectivity index (χ3n) is 1.24. The second-order valence-electron chi connectivity index (χ2n) is 2.84. The fourth-order valence-electron chi connectivity index (χ4n) is 0.681. The molecule has 0 aliphatic rings. The lowest BCUT2D eigenvalue weighted by atomic mass is 10.6. The summed E-state index contributed by atoms with van der Waals surface area (Å²) in [4.78, 5) is 33.3. The van der Waals surface area contributed by atoms with Gasteiger partial charge < -0.3 is 42.3 Å². The van der Waals surface area contributed by atoms with Gasteiger partial charge in [-0.3, -0.25) is 13.2 Å². The Hall–Kier alpha value is -0.670. The first kappa shape index (κ1) is 29.4. The maximum Gasteiger partial charge on any atom is 0.278 e. The van der Waals surface area contributed by atoms with E-state index in [1.54, 1.807) is 0 Å². The Balaban J connectivity index is -0.000000540. The number of hydrogen-bond donors (Lipinski definition) is 3. The van der Waals surface area contributed by atoms with E-state index >= 15 is 0 Å². The summed E-state index contributed by atoms with van der Waals surface area (Å²) in [6, 6.07) is 0. The van der Waals surface area contributed by atoms with Gasteiger partial charge in [-0.25, -0.2) is 0 Å². The molecule has 11 nitrogen and oxygen atoms in total. The summed E-state index contributed by atoms with van der Waals surface area (Å²) >= 11 is 0. The van der Waals surface area contributed by atoms with Crippen LogP contribution < -0.4 is 33.1 Å². The average Bonchev–Trinajstić information content (AvgIpc) is 2.20. The highest BCUT2D eigenvalue weighted by Crippen LogP contribution is 2.63. The van der Waals surface area contributed by atoms with Crippen LogP contribution in [0.2, 0.25) is 0 Å². The quantitative estimate of drug-likeness (QED) is 0.413. The van der Waals surface area contributed by atoms with Crippen molar-refractivity contribution in [1.29, 1.82) is 0 Å². The highest BCUT2D eigenvalue weighted by Gasteiger charge is 2.21. The van der Waals surface area contributed by atoms with Crippen LogP contribution in [0.1, 0.15) is 0 Å². The minimum atomic E-state index is -5.59. The molecule has 0 bridgehead atoms. The zero-order chi connectivity index (χ0) is 15.2. The maximum absolute atomic E-state index is 11.1. The van der Waals surface area contributed by atoms with Crippen LogP contribution in [0, 0.1) is 0 Å². The number of quaternary nitrogens is 3. The summed E-state index contributed by atoms with van der Waals surface area (Å²) in [6.45, 7) is 6.32. The molecule has 0 aromatic heterocycles. The molecular weight excluding hydrogens is 359 g/mol. The van der Waals surface area contributed by atoms with Gasteiger partial charge in [0.1, 0.15) is 0 Å². The van der Waals surface area contributed by atoms with E-state index in [-0.39, 0.29) is 18.5 Å². The van der Waals surface area contributed by atoms with Crippen molar-refractivity contribution >= 4 is 23.0 Å². The van der Waals surface area contributed by atoms with Gasteiger partial charge in [0, 0.05) is 0 Å². The van der Waals surface area contributed by atoms with Gasteiger partial charge in [-0.2, -0.15) is 0 Å². The first-order chi connectivity index (χ1) is 8.54. The highest BCUT2D eigenvalue weighted by atomic mass is 31.3. The molecule has 2 atom stereocenters. The van der Waals surface area contributed by atoms with Crippen molar-refractivity contribution in [3.8, 4) is 0 Å². The SMILES string of the molecule is C=C/C=C/P(=O)([O-])OP(=O)([O-])OP(=O)([O-])/C=C/C=C.[NH4+].[NH4+].[NH4+]. The molecule has 22 heavy (non-hydrogen) atoms. The summed E-state index contributed by atoms with van der Waals surface area (Å²) in [7, 11) is -15.5. The molecule has 0 rings (SSSR count). The molecule has 0 aromatic rings. The van der Waals surface area contributed by atoms with E-state index in [1.807, 2.05) is 0 Å². The van der Waals surface area contributed by atoms with Gasteiger partial charge in [0.15, 0.2) is 15.2 Å². The fraction of sp³-hybridized carbons (Fsp3) is 0. The Bertz CT molecular complexity index is 503. The second kappa shape index (κ2) is 11.8. The van der Waals surface area contributed by atoms with E-state index in [0.29, 0.717) is 11.6 Å². The minimum Gasteiger partial charge on any atom is -0.775 e.